The zero-order valence-electron chi connectivity index (χ0n) is 9.63. The molecule has 0 aliphatic heterocycles. The molecule has 2 aromatic carbocycles. The van der Waals surface area contributed by atoms with Gasteiger partial charge in [0.25, 0.3) is 0 Å². The summed E-state index contributed by atoms with van der Waals surface area (Å²) >= 11 is 0. The van der Waals surface area contributed by atoms with Crippen LogP contribution in [0.15, 0.2) is 54.6 Å². The van der Waals surface area contributed by atoms with Gasteiger partial charge in [-0.15, -0.1) is 0 Å². The van der Waals surface area contributed by atoms with Crippen LogP contribution in [-0.2, 0) is 0 Å². The third-order valence-electron chi connectivity index (χ3n) is 2.21. The minimum Gasteiger partial charge on any atom is -0.478 e. The molecule has 0 heterocycles. The number of para-hydroxylation sites is 1. The minimum absolute atomic E-state index is 0.331. The van der Waals surface area contributed by atoms with Crippen LogP contribution in [0.3, 0.4) is 0 Å². The molecule has 0 aliphatic carbocycles. The number of carboxylic acid groups (broad SMARTS) is 1. The molecule has 0 fully saturated rings. The highest BCUT2D eigenvalue weighted by Crippen LogP contribution is 2.06. The van der Waals surface area contributed by atoms with Crippen molar-refractivity contribution in [3.05, 3.63) is 65.7 Å². The molecule has 0 spiro atoms. The highest BCUT2D eigenvalue weighted by atomic mass is 16.4. The van der Waals surface area contributed by atoms with Crippen LogP contribution in [0.25, 0.3) is 0 Å². The molecule has 3 heteroatoms. The molecule has 2 rings (SSSR count). The van der Waals surface area contributed by atoms with Crippen molar-refractivity contribution < 1.29 is 9.90 Å². The predicted molar refractivity (Wildman–Crippen MR) is 69.0 cm³/mol. The first kappa shape index (κ1) is 12.8. The molecule has 0 aromatic heterocycles. The number of aromatic carboxylic acids is 1. The van der Waals surface area contributed by atoms with E-state index in [-0.39, 0.29) is 0 Å². The lowest BCUT2D eigenvalue weighted by molar-refractivity contribution is 0.0697. The quantitative estimate of drug-likeness (QED) is 0.739. The highest BCUT2D eigenvalue weighted by molar-refractivity contribution is 5.87. The summed E-state index contributed by atoms with van der Waals surface area (Å²) in [5.74, 6) is -0.879. The number of carboxylic acids is 1. The first-order chi connectivity index (χ1) is 8.11. The van der Waals surface area contributed by atoms with E-state index in [9.17, 15) is 4.79 Å². The SMILES string of the molecule is Cc1ccccc1N.O=C(O)c1ccccc1. The molecule has 0 radical (unpaired) electrons. The lowest BCUT2D eigenvalue weighted by Gasteiger charge is -1.93. The van der Waals surface area contributed by atoms with Gasteiger partial charge in [-0.3, -0.25) is 0 Å². The normalized spacial score (nSPS) is 9.00. The van der Waals surface area contributed by atoms with Gasteiger partial charge in [-0.2, -0.15) is 0 Å². The van der Waals surface area contributed by atoms with Crippen molar-refractivity contribution in [3.8, 4) is 0 Å². The second kappa shape index (κ2) is 6.33. The van der Waals surface area contributed by atoms with Crippen LogP contribution in [0.2, 0.25) is 0 Å². The monoisotopic (exact) mass is 229 g/mol. The smallest absolute Gasteiger partial charge is 0.335 e. The zero-order valence-corrected chi connectivity index (χ0v) is 9.63. The molecule has 88 valence electrons. The van der Waals surface area contributed by atoms with Gasteiger partial charge in [0, 0.05) is 5.69 Å². The fourth-order valence-electron chi connectivity index (χ4n) is 1.17. The number of benzene rings is 2. The number of carbonyl (C=O) groups is 1. The lowest BCUT2D eigenvalue weighted by atomic mass is 10.2. The van der Waals surface area contributed by atoms with Gasteiger partial charge in [0.1, 0.15) is 0 Å². The third-order valence-corrected chi connectivity index (χ3v) is 2.21. The van der Waals surface area contributed by atoms with Crippen LogP contribution >= 0.6 is 0 Å². The Morgan fingerprint density at radius 1 is 1.00 bits per heavy atom. The van der Waals surface area contributed by atoms with Gasteiger partial charge in [0.2, 0.25) is 0 Å². The molecule has 17 heavy (non-hydrogen) atoms. The van der Waals surface area contributed by atoms with Crippen molar-refractivity contribution in [2.75, 3.05) is 5.73 Å². The van der Waals surface area contributed by atoms with Crippen molar-refractivity contribution >= 4 is 11.7 Å². The average molecular weight is 229 g/mol. The second-order valence-electron chi connectivity index (χ2n) is 3.53. The first-order valence-corrected chi connectivity index (χ1v) is 5.20. The molecule has 0 saturated heterocycles. The van der Waals surface area contributed by atoms with Crippen LogP contribution in [0.5, 0.6) is 0 Å². The molecule has 2 aromatic rings. The maximum atomic E-state index is 10.2. The number of nitrogen functional groups attached to an aromatic ring is 1. The van der Waals surface area contributed by atoms with Gasteiger partial charge in [-0.25, -0.2) is 4.79 Å². The molecule has 0 atom stereocenters. The molecule has 3 nitrogen and oxygen atoms in total. The Morgan fingerprint density at radius 2 is 1.53 bits per heavy atom. The van der Waals surface area contributed by atoms with Crippen molar-refractivity contribution in [1.82, 2.24) is 0 Å². The lowest BCUT2D eigenvalue weighted by Crippen LogP contribution is -1.93. The Balaban J connectivity index is 0.000000171. The fraction of sp³-hybridized carbons (Fsp3) is 0.0714. The van der Waals surface area contributed by atoms with Gasteiger partial charge in [-0.05, 0) is 30.7 Å². The van der Waals surface area contributed by atoms with E-state index in [2.05, 4.69) is 0 Å². The molecule has 0 saturated carbocycles. The van der Waals surface area contributed by atoms with Crippen molar-refractivity contribution in [1.29, 1.82) is 0 Å². The van der Waals surface area contributed by atoms with E-state index >= 15 is 0 Å². The average Bonchev–Trinajstić information content (AvgIpc) is 2.35. The number of hydrogen-bond acceptors (Lipinski definition) is 2. The summed E-state index contributed by atoms with van der Waals surface area (Å²) in [6.07, 6.45) is 0. The molecular formula is C14H15NO2. The Morgan fingerprint density at radius 3 is 1.88 bits per heavy atom. The fourth-order valence-corrected chi connectivity index (χ4v) is 1.17. The van der Waals surface area contributed by atoms with E-state index < -0.39 is 5.97 Å². The maximum absolute atomic E-state index is 10.2. The van der Waals surface area contributed by atoms with Crippen LogP contribution < -0.4 is 5.73 Å². The standard InChI is InChI=1S/C7H9N.C7H6O2/c1-6-4-2-3-5-7(6)8;8-7(9)6-4-2-1-3-5-6/h2-5H,8H2,1H3;1-5H,(H,8,9). The van der Waals surface area contributed by atoms with Crippen LogP contribution in [0.1, 0.15) is 15.9 Å². The van der Waals surface area contributed by atoms with Gasteiger partial charge < -0.3 is 10.8 Å². The van der Waals surface area contributed by atoms with Crippen LogP contribution in [-0.4, -0.2) is 11.1 Å². The number of anilines is 1. The van der Waals surface area contributed by atoms with Gasteiger partial charge in [-0.1, -0.05) is 36.4 Å². The molecule has 0 aliphatic rings. The van der Waals surface area contributed by atoms with E-state index in [1.807, 2.05) is 31.2 Å². The summed E-state index contributed by atoms with van der Waals surface area (Å²) in [6, 6.07) is 16.1. The molecule has 0 bridgehead atoms. The number of aryl methyl sites for hydroxylation is 1. The number of rotatable bonds is 1. The predicted octanol–water partition coefficient (Wildman–Crippen LogP) is 2.96. The van der Waals surface area contributed by atoms with Crippen molar-refractivity contribution in [2.45, 2.75) is 6.92 Å². The summed E-state index contributed by atoms with van der Waals surface area (Å²) < 4.78 is 0. The summed E-state index contributed by atoms with van der Waals surface area (Å²) in [4.78, 5) is 10.2. The summed E-state index contributed by atoms with van der Waals surface area (Å²) in [5.41, 5.74) is 7.86. The van der Waals surface area contributed by atoms with Crippen molar-refractivity contribution in [3.63, 3.8) is 0 Å². The van der Waals surface area contributed by atoms with Crippen molar-refractivity contribution in [2.24, 2.45) is 0 Å². The largest absolute Gasteiger partial charge is 0.478 e. The summed E-state index contributed by atoms with van der Waals surface area (Å²) in [6.45, 7) is 2.00. The Labute approximate surface area is 101 Å². The Bertz CT molecular complexity index is 460. The van der Waals surface area contributed by atoms with E-state index in [1.165, 1.54) is 0 Å². The molecule has 3 N–H and O–H groups in total. The first-order valence-electron chi connectivity index (χ1n) is 5.20. The Kier molecular flexibility index (Phi) is 4.76. The van der Waals surface area contributed by atoms with E-state index in [4.69, 9.17) is 10.8 Å². The molecular weight excluding hydrogens is 214 g/mol. The topological polar surface area (TPSA) is 63.3 Å². The highest BCUT2D eigenvalue weighted by Gasteiger charge is 1.96. The maximum Gasteiger partial charge on any atom is 0.335 e. The van der Waals surface area contributed by atoms with Gasteiger partial charge in [0.05, 0.1) is 5.56 Å². The summed E-state index contributed by atoms with van der Waals surface area (Å²) in [5, 5.41) is 8.38. The molecule has 0 unspecified atom stereocenters. The van der Waals surface area contributed by atoms with Crippen LogP contribution in [0.4, 0.5) is 5.69 Å². The number of hydrogen-bond donors (Lipinski definition) is 2. The Hall–Kier alpha value is -2.29. The molecule has 0 amide bonds. The number of nitrogens with two attached hydrogens (primary N) is 1. The van der Waals surface area contributed by atoms with E-state index in [1.54, 1.807) is 30.3 Å². The zero-order chi connectivity index (χ0) is 12.7. The van der Waals surface area contributed by atoms with Gasteiger partial charge >= 0.3 is 5.97 Å². The third kappa shape index (κ3) is 4.38. The van der Waals surface area contributed by atoms with E-state index in [0.29, 0.717) is 5.56 Å². The summed E-state index contributed by atoms with van der Waals surface area (Å²) in [7, 11) is 0. The van der Waals surface area contributed by atoms with E-state index in [0.717, 1.165) is 11.3 Å². The van der Waals surface area contributed by atoms with Crippen LogP contribution in [0, 0.1) is 6.92 Å². The van der Waals surface area contributed by atoms with Gasteiger partial charge in [0.15, 0.2) is 0 Å². The second-order valence-corrected chi connectivity index (χ2v) is 3.53. The minimum atomic E-state index is -0.879.